The molecule has 0 unspecified atom stereocenters. The Morgan fingerprint density at radius 2 is 0.581 bits per heavy atom. The molecular weight excluding hydrogens is 749 g/mol. The van der Waals surface area contributed by atoms with Gasteiger partial charge in [-0.2, -0.15) is 0 Å². The maximum Gasteiger partial charge on any atom is 0.0794 e. The van der Waals surface area contributed by atoms with E-state index in [2.05, 4.69) is 211 Å². The Kier molecular flexibility index (Phi) is 7.64. The van der Waals surface area contributed by atoms with Crippen LogP contribution in [0, 0.1) is 0 Å². The molecular formula is C60H36N2. The highest BCUT2D eigenvalue weighted by atomic mass is 14.7. The van der Waals surface area contributed by atoms with E-state index in [-0.39, 0.29) is 0 Å². The number of rotatable bonds is 4. The lowest BCUT2D eigenvalue weighted by molar-refractivity contribution is 1.33. The van der Waals surface area contributed by atoms with Crippen LogP contribution in [0.4, 0.5) is 0 Å². The van der Waals surface area contributed by atoms with Crippen molar-refractivity contribution in [2.24, 2.45) is 0 Å². The summed E-state index contributed by atoms with van der Waals surface area (Å²) >= 11 is 0. The Labute approximate surface area is 358 Å². The van der Waals surface area contributed by atoms with Crippen LogP contribution in [-0.4, -0.2) is 9.97 Å². The molecule has 13 rings (SSSR count). The van der Waals surface area contributed by atoms with Gasteiger partial charge in [-0.05, 0) is 140 Å². The molecule has 0 atom stereocenters. The average Bonchev–Trinajstić information content (AvgIpc) is 3.36. The first-order chi connectivity index (χ1) is 30.7. The summed E-state index contributed by atoms with van der Waals surface area (Å²) in [5.41, 5.74) is 10.0. The van der Waals surface area contributed by atoms with E-state index in [1.54, 1.807) is 0 Å². The van der Waals surface area contributed by atoms with Gasteiger partial charge >= 0.3 is 0 Å². The minimum Gasteiger partial charge on any atom is -0.265 e. The number of nitrogens with zero attached hydrogens (tertiary/aromatic N) is 2. The minimum atomic E-state index is 0.944. The van der Waals surface area contributed by atoms with E-state index >= 15 is 0 Å². The predicted octanol–water partition coefficient (Wildman–Crippen LogP) is 16.4. The summed E-state index contributed by atoms with van der Waals surface area (Å²) < 4.78 is 0. The first kappa shape index (κ1) is 34.6. The van der Waals surface area contributed by atoms with Gasteiger partial charge in [0.25, 0.3) is 0 Å². The van der Waals surface area contributed by atoms with Crippen LogP contribution in [0.2, 0.25) is 0 Å². The van der Waals surface area contributed by atoms with Crippen molar-refractivity contribution in [2.75, 3.05) is 0 Å². The highest BCUT2D eigenvalue weighted by molar-refractivity contribution is 6.28. The zero-order valence-corrected chi connectivity index (χ0v) is 33.7. The maximum atomic E-state index is 5.57. The lowest BCUT2D eigenvalue weighted by atomic mass is 9.88. The Hall–Kier alpha value is -8.20. The number of pyridine rings is 2. The standard InChI is InChI=1S/C60H36N2/c1-3-15-46-42(11-1)44-13-5-7-17-48(44)56-33-40(25-27-51(46)56)54-35-58-55(41-26-28-52-47-16-4-2-12-43(47)45-14-6-8-18-49(45)57(52)34-41)36-59(62-60(58)53-20-10-9-19-50(53)54)39-23-21-37(22-24-39)38-29-31-61-32-30-38/h1-36H. The zero-order valence-electron chi connectivity index (χ0n) is 33.7. The molecule has 0 aliphatic heterocycles. The summed E-state index contributed by atoms with van der Waals surface area (Å²) in [7, 11) is 0. The number of benzene rings is 11. The fourth-order valence-electron chi connectivity index (χ4n) is 10.2. The molecule has 0 saturated heterocycles. The highest BCUT2D eigenvalue weighted by Gasteiger charge is 2.19. The summed E-state index contributed by atoms with van der Waals surface area (Å²) in [5, 5.41) is 18.7. The minimum absolute atomic E-state index is 0.944. The van der Waals surface area contributed by atoms with Crippen LogP contribution in [0.25, 0.3) is 131 Å². The van der Waals surface area contributed by atoms with E-state index in [0.29, 0.717) is 0 Å². The third-order valence-corrected chi connectivity index (χ3v) is 13.1. The molecule has 0 aliphatic rings. The molecule has 286 valence electrons. The molecule has 0 bridgehead atoms. The van der Waals surface area contributed by atoms with Gasteiger partial charge in [0.15, 0.2) is 0 Å². The number of fused-ring (bicyclic) bond motifs is 15. The van der Waals surface area contributed by atoms with Gasteiger partial charge in [0.05, 0.1) is 11.2 Å². The smallest absolute Gasteiger partial charge is 0.0794 e. The molecule has 0 fully saturated rings. The van der Waals surface area contributed by atoms with Crippen LogP contribution in [0.15, 0.2) is 219 Å². The van der Waals surface area contributed by atoms with Crippen LogP contribution in [-0.2, 0) is 0 Å². The van der Waals surface area contributed by atoms with Gasteiger partial charge in [-0.15, -0.1) is 0 Å². The van der Waals surface area contributed by atoms with E-state index < -0.39 is 0 Å². The number of hydrogen-bond acceptors (Lipinski definition) is 2. The van der Waals surface area contributed by atoms with Crippen molar-refractivity contribution in [3.8, 4) is 44.6 Å². The fraction of sp³-hybridized carbons (Fsp3) is 0. The molecule has 0 aliphatic carbocycles. The molecule has 0 saturated carbocycles. The Balaban J connectivity index is 1.10. The van der Waals surface area contributed by atoms with Gasteiger partial charge in [-0.1, -0.05) is 170 Å². The SMILES string of the molecule is c1ccc2c(c1)c(-c1ccc3c4ccccc4c4ccccc4c3c1)cc1c(-c3ccc4c5ccccc5c5ccccc5c4c3)cc(-c3ccc(-c4ccncc4)cc3)nc12. The zero-order chi connectivity index (χ0) is 40.7. The van der Waals surface area contributed by atoms with Crippen molar-refractivity contribution in [1.29, 1.82) is 0 Å². The molecule has 0 radical (unpaired) electrons. The second-order valence-electron chi connectivity index (χ2n) is 16.4. The molecule has 13 aromatic rings. The molecule has 62 heavy (non-hydrogen) atoms. The molecule has 2 heteroatoms. The molecule has 2 heterocycles. The Morgan fingerprint density at radius 1 is 0.226 bits per heavy atom. The van der Waals surface area contributed by atoms with E-state index in [4.69, 9.17) is 4.98 Å². The summed E-state index contributed by atoms with van der Waals surface area (Å²) in [4.78, 5) is 9.80. The second-order valence-corrected chi connectivity index (χ2v) is 16.4. The first-order valence-electron chi connectivity index (χ1n) is 21.3. The molecule has 0 N–H and O–H groups in total. The van der Waals surface area contributed by atoms with Gasteiger partial charge < -0.3 is 0 Å². The molecule has 11 aromatic carbocycles. The lowest BCUT2D eigenvalue weighted by Gasteiger charge is -2.18. The van der Waals surface area contributed by atoms with Crippen molar-refractivity contribution in [3.63, 3.8) is 0 Å². The van der Waals surface area contributed by atoms with Crippen molar-refractivity contribution in [3.05, 3.63) is 219 Å². The van der Waals surface area contributed by atoms with Crippen molar-refractivity contribution in [1.82, 2.24) is 9.97 Å². The average molecular weight is 785 g/mol. The number of hydrogen-bond donors (Lipinski definition) is 0. The maximum absolute atomic E-state index is 5.57. The second kappa shape index (κ2) is 13.7. The fourth-order valence-corrected chi connectivity index (χ4v) is 10.2. The summed E-state index contributed by atoms with van der Waals surface area (Å²) in [5.74, 6) is 0. The van der Waals surface area contributed by atoms with Crippen LogP contribution >= 0.6 is 0 Å². The normalized spacial score (nSPS) is 11.9. The van der Waals surface area contributed by atoms with Gasteiger partial charge in [0.2, 0.25) is 0 Å². The van der Waals surface area contributed by atoms with E-state index in [1.807, 2.05) is 12.4 Å². The molecule has 2 nitrogen and oxygen atoms in total. The number of aromatic nitrogens is 2. The highest BCUT2D eigenvalue weighted by Crippen LogP contribution is 2.44. The van der Waals surface area contributed by atoms with Crippen LogP contribution in [0.5, 0.6) is 0 Å². The van der Waals surface area contributed by atoms with Gasteiger partial charge in [-0.3, -0.25) is 4.98 Å². The van der Waals surface area contributed by atoms with E-state index in [0.717, 1.165) is 49.8 Å². The Bertz CT molecular complexity index is 3890. The van der Waals surface area contributed by atoms with Crippen molar-refractivity contribution in [2.45, 2.75) is 0 Å². The third kappa shape index (κ3) is 5.30. The predicted molar refractivity (Wildman–Crippen MR) is 264 cm³/mol. The molecule has 2 aromatic heterocycles. The summed E-state index contributed by atoms with van der Waals surface area (Å²) in [6.07, 6.45) is 3.69. The Morgan fingerprint density at radius 3 is 1.06 bits per heavy atom. The largest absolute Gasteiger partial charge is 0.265 e. The third-order valence-electron chi connectivity index (χ3n) is 13.1. The van der Waals surface area contributed by atoms with E-state index in [1.165, 1.54) is 81.1 Å². The summed E-state index contributed by atoms with van der Waals surface area (Å²) in [6, 6.07) is 75.8. The van der Waals surface area contributed by atoms with E-state index in [9.17, 15) is 0 Å². The van der Waals surface area contributed by atoms with Crippen LogP contribution < -0.4 is 0 Å². The molecule has 0 amide bonds. The van der Waals surface area contributed by atoms with Crippen molar-refractivity contribution < 1.29 is 0 Å². The monoisotopic (exact) mass is 784 g/mol. The van der Waals surface area contributed by atoms with Gasteiger partial charge in [-0.25, -0.2) is 4.98 Å². The summed E-state index contributed by atoms with van der Waals surface area (Å²) in [6.45, 7) is 0. The molecule has 0 spiro atoms. The first-order valence-corrected chi connectivity index (χ1v) is 21.3. The van der Waals surface area contributed by atoms with Gasteiger partial charge in [0, 0.05) is 28.7 Å². The van der Waals surface area contributed by atoms with Crippen LogP contribution in [0.1, 0.15) is 0 Å². The topological polar surface area (TPSA) is 25.8 Å². The quantitative estimate of drug-likeness (QED) is 0.166. The van der Waals surface area contributed by atoms with Gasteiger partial charge in [0.1, 0.15) is 0 Å². The van der Waals surface area contributed by atoms with Crippen LogP contribution in [0.3, 0.4) is 0 Å². The lowest BCUT2D eigenvalue weighted by Crippen LogP contribution is -1.94. The van der Waals surface area contributed by atoms with Crippen molar-refractivity contribution >= 4 is 86.3 Å².